The quantitative estimate of drug-likeness (QED) is 0.232. The van der Waals surface area contributed by atoms with Crippen LogP contribution in [0.2, 0.25) is 0 Å². The highest BCUT2D eigenvalue weighted by molar-refractivity contribution is 5.88. The van der Waals surface area contributed by atoms with E-state index in [9.17, 15) is 37.1 Å². The molecule has 2 aliphatic carbocycles. The van der Waals surface area contributed by atoms with Gasteiger partial charge in [0.2, 0.25) is 11.8 Å². The van der Waals surface area contributed by atoms with Crippen molar-refractivity contribution >= 4 is 29.7 Å². The predicted molar refractivity (Wildman–Crippen MR) is 165 cm³/mol. The van der Waals surface area contributed by atoms with Crippen LogP contribution in [-0.2, 0) is 33.4 Å². The molecular formula is C34H36F3N3O8. The lowest BCUT2D eigenvalue weighted by Gasteiger charge is -2.16. The lowest BCUT2D eigenvalue weighted by molar-refractivity contribution is -0.145. The van der Waals surface area contributed by atoms with Crippen LogP contribution in [0.3, 0.4) is 0 Å². The monoisotopic (exact) mass is 671 g/mol. The molecule has 0 saturated heterocycles. The van der Waals surface area contributed by atoms with E-state index in [1.54, 1.807) is 0 Å². The number of carbonyl (C=O) groups excluding carboxylic acids is 4. The Kier molecular flexibility index (Phi) is 13.7. The van der Waals surface area contributed by atoms with Gasteiger partial charge in [0.05, 0.1) is 14.2 Å². The molecule has 2 saturated carbocycles. The highest BCUT2D eigenvalue weighted by Crippen LogP contribution is 2.31. The van der Waals surface area contributed by atoms with Crippen molar-refractivity contribution in [2.45, 2.75) is 43.8 Å². The molecule has 2 amide bonds. The molecule has 48 heavy (non-hydrogen) atoms. The number of nitrogens with one attached hydrogen (secondary N) is 2. The summed E-state index contributed by atoms with van der Waals surface area (Å²) in [6, 6.07) is 13.1. The van der Waals surface area contributed by atoms with E-state index < -0.39 is 47.7 Å². The summed E-state index contributed by atoms with van der Waals surface area (Å²) < 4.78 is 47.1. The van der Waals surface area contributed by atoms with E-state index in [1.807, 2.05) is 0 Å². The van der Waals surface area contributed by atoms with Crippen LogP contribution < -0.4 is 16.4 Å². The van der Waals surface area contributed by atoms with E-state index in [0.29, 0.717) is 16.7 Å². The van der Waals surface area contributed by atoms with Crippen LogP contribution in [0.15, 0.2) is 72.8 Å². The summed E-state index contributed by atoms with van der Waals surface area (Å²) in [7, 11) is 2.51. The molecule has 3 unspecified atom stereocenters. The molecule has 256 valence electrons. The third-order valence-corrected chi connectivity index (χ3v) is 7.24. The standard InChI is InChI=1S/C13H14FNO3.C12H12FNO3.C9H10FNO2/c1-18-13(17)11(15-12(16)9-2-3-9)8-4-6-10(14)7-5-8;13-9-5-3-7(4-6-9)10(12(16)17)14-11(15)8-1-2-8;1-13-9(12)8(11)6-2-4-7(10)5-3-6/h4-7,9,11H,2-3H2,1H3,(H,15,16);3-6,8,10H,1-2H2,(H,14,15)(H,16,17);2-5,8H,11H2,1H3. The van der Waals surface area contributed by atoms with Gasteiger partial charge in [0.1, 0.15) is 23.5 Å². The summed E-state index contributed by atoms with van der Waals surface area (Å²) in [6.07, 6.45) is 3.31. The van der Waals surface area contributed by atoms with Crippen molar-refractivity contribution in [1.29, 1.82) is 0 Å². The van der Waals surface area contributed by atoms with Crippen molar-refractivity contribution in [3.05, 3.63) is 107 Å². The summed E-state index contributed by atoms with van der Waals surface area (Å²) in [5, 5.41) is 14.1. The Balaban J connectivity index is 0.000000198. The number of carbonyl (C=O) groups is 5. The first-order chi connectivity index (χ1) is 22.8. The lowest BCUT2D eigenvalue weighted by atomic mass is 10.1. The number of nitrogens with two attached hydrogens (primary N) is 1. The molecule has 0 heterocycles. The molecule has 2 fully saturated rings. The average molecular weight is 672 g/mol. The molecule has 0 radical (unpaired) electrons. The van der Waals surface area contributed by atoms with E-state index in [1.165, 1.54) is 87.0 Å². The first-order valence-corrected chi connectivity index (χ1v) is 14.9. The minimum atomic E-state index is -1.15. The summed E-state index contributed by atoms with van der Waals surface area (Å²) in [4.78, 5) is 56.9. The van der Waals surface area contributed by atoms with Gasteiger partial charge in [-0.05, 0) is 78.8 Å². The second-order valence-electron chi connectivity index (χ2n) is 10.9. The lowest BCUT2D eigenvalue weighted by Crippen LogP contribution is -2.35. The largest absolute Gasteiger partial charge is 0.479 e. The van der Waals surface area contributed by atoms with Crippen LogP contribution in [0.4, 0.5) is 13.2 Å². The predicted octanol–water partition coefficient (Wildman–Crippen LogP) is 4.04. The molecule has 3 aromatic rings. The van der Waals surface area contributed by atoms with Crippen LogP contribution in [0.1, 0.15) is 60.5 Å². The zero-order valence-corrected chi connectivity index (χ0v) is 26.2. The van der Waals surface area contributed by atoms with Gasteiger partial charge in [-0.1, -0.05) is 36.4 Å². The zero-order valence-electron chi connectivity index (χ0n) is 26.2. The minimum Gasteiger partial charge on any atom is -0.479 e. The number of carboxylic acid groups (broad SMARTS) is 1. The first kappa shape index (κ1) is 37.2. The molecule has 0 spiro atoms. The van der Waals surface area contributed by atoms with Gasteiger partial charge < -0.3 is 30.9 Å². The fourth-order valence-electron chi connectivity index (χ4n) is 4.14. The van der Waals surface area contributed by atoms with E-state index >= 15 is 0 Å². The van der Waals surface area contributed by atoms with Gasteiger partial charge in [0, 0.05) is 11.8 Å². The second kappa shape index (κ2) is 17.6. The number of benzene rings is 3. The second-order valence-corrected chi connectivity index (χ2v) is 10.9. The number of halogens is 3. The molecule has 0 bridgehead atoms. The molecular weight excluding hydrogens is 635 g/mol. The maximum Gasteiger partial charge on any atom is 0.333 e. The number of hydrogen-bond acceptors (Lipinski definition) is 8. The fraction of sp³-hybridized carbons (Fsp3) is 0.324. The van der Waals surface area contributed by atoms with Gasteiger partial charge in [-0.3, -0.25) is 14.4 Å². The van der Waals surface area contributed by atoms with E-state index in [4.69, 9.17) is 10.8 Å². The SMILES string of the molecule is COC(=O)C(N)c1ccc(F)cc1.COC(=O)C(NC(=O)C1CC1)c1ccc(F)cc1.O=C(NC(C(=O)O)c1ccc(F)cc1)C1CC1. The summed E-state index contributed by atoms with van der Waals surface area (Å²) in [5.74, 6) is -3.90. The Morgan fingerprint density at radius 3 is 1.29 bits per heavy atom. The third kappa shape index (κ3) is 11.5. The number of aliphatic carboxylic acids is 1. The minimum absolute atomic E-state index is 0.00222. The van der Waals surface area contributed by atoms with Crippen LogP contribution in [0.5, 0.6) is 0 Å². The Morgan fingerprint density at radius 2 is 0.958 bits per heavy atom. The Bertz CT molecular complexity index is 1560. The van der Waals surface area contributed by atoms with Gasteiger partial charge in [-0.15, -0.1) is 0 Å². The smallest absolute Gasteiger partial charge is 0.333 e. The zero-order chi connectivity index (χ0) is 35.4. The van der Waals surface area contributed by atoms with Crippen molar-refractivity contribution in [1.82, 2.24) is 10.6 Å². The third-order valence-electron chi connectivity index (χ3n) is 7.24. The molecule has 0 aromatic heterocycles. The van der Waals surface area contributed by atoms with Gasteiger partial charge in [-0.2, -0.15) is 0 Å². The van der Waals surface area contributed by atoms with Crippen molar-refractivity contribution in [3.63, 3.8) is 0 Å². The van der Waals surface area contributed by atoms with Crippen LogP contribution in [0.25, 0.3) is 0 Å². The molecule has 0 aliphatic heterocycles. The Morgan fingerprint density at radius 1 is 0.625 bits per heavy atom. The van der Waals surface area contributed by atoms with Gasteiger partial charge >= 0.3 is 17.9 Å². The van der Waals surface area contributed by atoms with E-state index in [-0.39, 0.29) is 29.5 Å². The number of esters is 2. The Hall–Kier alpha value is -5.24. The van der Waals surface area contributed by atoms with Gasteiger partial charge in [-0.25, -0.2) is 22.8 Å². The summed E-state index contributed by atoms with van der Waals surface area (Å²) in [6.45, 7) is 0. The van der Waals surface area contributed by atoms with Crippen molar-refractivity contribution in [2.75, 3.05) is 14.2 Å². The normalized spacial score (nSPS) is 15.0. The van der Waals surface area contributed by atoms with Gasteiger partial charge in [0.15, 0.2) is 12.1 Å². The fourth-order valence-corrected chi connectivity index (χ4v) is 4.14. The summed E-state index contributed by atoms with van der Waals surface area (Å²) >= 11 is 0. The van der Waals surface area contributed by atoms with E-state index in [2.05, 4.69) is 20.1 Å². The number of methoxy groups -OCH3 is 2. The average Bonchev–Trinajstić information content (AvgIpc) is 4.00. The van der Waals surface area contributed by atoms with Crippen molar-refractivity contribution in [2.24, 2.45) is 17.6 Å². The number of rotatable bonds is 10. The molecule has 3 atom stereocenters. The highest BCUT2D eigenvalue weighted by atomic mass is 19.1. The maximum atomic E-state index is 12.8. The molecule has 5 rings (SSSR count). The molecule has 11 nitrogen and oxygen atoms in total. The van der Waals surface area contributed by atoms with Crippen LogP contribution in [-0.4, -0.2) is 49.0 Å². The van der Waals surface area contributed by atoms with Gasteiger partial charge in [0.25, 0.3) is 0 Å². The first-order valence-electron chi connectivity index (χ1n) is 14.9. The molecule has 5 N–H and O–H groups in total. The Labute approximate surface area is 274 Å². The topological polar surface area (TPSA) is 174 Å². The number of hydrogen-bond donors (Lipinski definition) is 4. The van der Waals surface area contributed by atoms with Crippen LogP contribution >= 0.6 is 0 Å². The molecule has 2 aliphatic rings. The highest BCUT2D eigenvalue weighted by Gasteiger charge is 2.34. The maximum absolute atomic E-state index is 12.8. The number of carboxylic acids is 1. The van der Waals surface area contributed by atoms with Crippen LogP contribution in [0, 0.1) is 29.3 Å². The van der Waals surface area contributed by atoms with Crippen molar-refractivity contribution < 1.29 is 51.7 Å². The molecule has 14 heteroatoms. The van der Waals surface area contributed by atoms with Crippen molar-refractivity contribution in [3.8, 4) is 0 Å². The van der Waals surface area contributed by atoms with E-state index in [0.717, 1.165) is 25.7 Å². The number of amides is 2. The summed E-state index contributed by atoms with van der Waals surface area (Å²) in [5.41, 5.74) is 6.92. The molecule has 3 aromatic carbocycles. The number of ether oxygens (including phenoxy) is 2.